The van der Waals surface area contributed by atoms with Crippen LogP contribution in [0.2, 0.25) is 0 Å². The quantitative estimate of drug-likeness (QED) is 0.0511. The second-order valence-electron chi connectivity index (χ2n) is 43.7. The predicted octanol–water partition coefficient (Wildman–Crippen LogP) is 23.8. The number of unbranched alkanes of at least 4 members (excludes halogenated alkanes) is 14. The molecule has 31 heteroatoms. The van der Waals surface area contributed by atoms with Crippen LogP contribution in [0.4, 0.5) is 0 Å². The number of nitrogens with zero attached hydrogens (tertiary/aromatic N) is 4. The molecule has 4 saturated heterocycles. The lowest BCUT2D eigenvalue weighted by Crippen LogP contribution is -2.54. The van der Waals surface area contributed by atoms with Gasteiger partial charge in [-0.05, 0) is 181 Å². The number of hydrogen-bond acceptors (Lipinski definition) is 21. The second kappa shape index (κ2) is 91.7. The van der Waals surface area contributed by atoms with Gasteiger partial charge >= 0.3 is 0 Å². The highest BCUT2D eigenvalue weighted by Gasteiger charge is 2.34. The summed E-state index contributed by atoms with van der Waals surface area (Å²) >= 11 is 2.01. The number of sulfone groups is 6. The number of likely N-dealkylation sites (tertiary alicyclic amines) is 4. The van der Waals surface area contributed by atoms with Gasteiger partial charge in [0.2, 0.25) is 0 Å². The Bertz CT molecular complexity index is 3360. The smallest absolute Gasteiger partial charge is 0.152 e. The van der Waals surface area contributed by atoms with E-state index >= 15 is 0 Å². The van der Waals surface area contributed by atoms with Crippen LogP contribution < -0.4 is 0 Å². The van der Waals surface area contributed by atoms with E-state index in [1.54, 1.807) is 27.0 Å². The van der Waals surface area contributed by atoms with E-state index in [-0.39, 0.29) is 27.8 Å². The maximum absolute atomic E-state index is 11.3. The molecule has 136 heavy (non-hydrogen) atoms. The molecule has 4 rings (SSSR count). The van der Waals surface area contributed by atoms with Gasteiger partial charge in [-0.1, -0.05) is 322 Å². The molecular formula is C105H228N4O16S11. The zero-order valence-electron chi connectivity index (χ0n) is 94.8. The van der Waals surface area contributed by atoms with Crippen molar-refractivity contribution in [3.8, 4) is 0 Å². The molecule has 0 bridgehead atoms. The normalized spacial score (nSPS) is 16.3. The van der Waals surface area contributed by atoms with Gasteiger partial charge in [-0.2, -0.15) is 11.8 Å². The average Bonchev–Trinajstić information content (AvgIpc) is 0.894. The Morgan fingerprint density at radius 2 is 0.522 bits per heavy atom. The van der Waals surface area contributed by atoms with Crippen molar-refractivity contribution in [2.45, 2.75) is 420 Å². The first-order chi connectivity index (χ1) is 62.9. The monoisotopic (exact) mass is 2150 g/mol. The summed E-state index contributed by atoms with van der Waals surface area (Å²) in [6.45, 7) is 70.6. The van der Waals surface area contributed by atoms with Crippen LogP contribution >= 0.6 is 11.8 Å². The van der Waals surface area contributed by atoms with Crippen LogP contribution in [0.25, 0.3) is 0 Å². The van der Waals surface area contributed by atoms with Crippen LogP contribution in [0.3, 0.4) is 0 Å². The molecule has 0 aromatic carbocycles. The van der Waals surface area contributed by atoms with Gasteiger partial charge in [0.1, 0.15) is 39.3 Å². The van der Waals surface area contributed by atoms with Crippen LogP contribution in [-0.2, 0) is 102 Å². The highest BCUT2D eigenvalue weighted by molar-refractivity contribution is 7.99. The molecule has 4 aliphatic heterocycles. The van der Waals surface area contributed by atoms with Crippen molar-refractivity contribution in [2.75, 3.05) is 185 Å². The van der Waals surface area contributed by atoms with Crippen molar-refractivity contribution >= 4 is 114 Å². The second-order valence-corrected chi connectivity index (χ2v) is 66.1. The minimum absolute atomic E-state index is 0.0975. The maximum Gasteiger partial charge on any atom is 0.152 e. The maximum atomic E-state index is 11.3. The molecule has 5 unspecified atom stereocenters. The van der Waals surface area contributed by atoms with E-state index in [1.165, 1.54) is 141 Å². The fraction of sp³-hybridized carbons (Fsp3) is 1.00. The van der Waals surface area contributed by atoms with Gasteiger partial charge < -0.3 is 19.6 Å². The van der Waals surface area contributed by atoms with Gasteiger partial charge in [-0.3, -0.25) is 16.8 Å². The summed E-state index contributed by atoms with van der Waals surface area (Å²) in [5.41, 5.74) is 0. The van der Waals surface area contributed by atoms with Crippen molar-refractivity contribution in [3.63, 3.8) is 0 Å². The fourth-order valence-corrected chi connectivity index (χ4v) is 23.2. The lowest BCUT2D eigenvalue weighted by molar-refractivity contribution is 0.175. The summed E-state index contributed by atoms with van der Waals surface area (Å²) in [5, 5.41) is 1.17. The Hall–Kier alpha value is 0.490. The third kappa shape index (κ3) is 115. The van der Waals surface area contributed by atoms with E-state index in [0.29, 0.717) is 40.1 Å². The molecule has 0 radical (unpaired) electrons. The Balaban J connectivity index is -0.000000269. The van der Waals surface area contributed by atoms with Gasteiger partial charge in [-0.25, -0.2) is 50.5 Å². The molecular weight excluding hydrogens is 1930 g/mol. The van der Waals surface area contributed by atoms with E-state index in [1.807, 2.05) is 31.9 Å². The van der Waals surface area contributed by atoms with Gasteiger partial charge in [0.15, 0.2) is 19.7 Å². The van der Waals surface area contributed by atoms with E-state index in [9.17, 15) is 67.3 Å². The Morgan fingerprint density at radius 3 is 0.743 bits per heavy atom. The van der Waals surface area contributed by atoms with E-state index in [4.69, 9.17) is 0 Å². The number of thioether (sulfide) groups is 1. The molecule has 20 nitrogen and oxygen atoms in total. The summed E-state index contributed by atoms with van der Waals surface area (Å²) in [7, 11) is -18.7. The third-order valence-electron chi connectivity index (χ3n) is 24.1. The molecule has 4 heterocycles. The Morgan fingerprint density at radius 1 is 0.287 bits per heavy atom. The summed E-state index contributed by atoms with van der Waals surface area (Å²) in [4.78, 5) is 9.44. The first kappa shape index (κ1) is 149. The SMILES string of the molecule is CC(C)CCCCCS(C)(=O)=O.CC(C)CCCCCS(C)=O.CC(C)CCN1CC(S(C)(=O)=O)C1.CC(C)CCN1CC(S(C)=O)C1.CC(C)CCN1CCC(S(C)(=O)=O)C1.CCS(=O)(=O)CCCCCC(C)C.CCS(=O)(=O)CCCCCC(C)C.CCS(=O)(=O)CCCCCC(C)C.CCS(=O)CCCCCC(C)C.CCS(=O)CCCCCC(C)C.CSC1CN(CCC(C)C)C1. The molecule has 0 aromatic heterocycles. The highest BCUT2D eigenvalue weighted by Crippen LogP contribution is 2.23. The van der Waals surface area contributed by atoms with Gasteiger partial charge in [-0.15, -0.1) is 0 Å². The lowest BCUT2D eigenvalue weighted by atomic mass is 10.1. The van der Waals surface area contributed by atoms with Crippen molar-refractivity contribution in [3.05, 3.63) is 0 Å². The first-order valence-corrected chi connectivity index (χ1v) is 72.9. The molecule has 4 fully saturated rings. The van der Waals surface area contributed by atoms with Gasteiger partial charge in [0.05, 0.1) is 33.0 Å². The van der Waals surface area contributed by atoms with Gasteiger partial charge in [0, 0.05) is 177 Å². The van der Waals surface area contributed by atoms with Crippen molar-refractivity contribution in [1.82, 2.24) is 19.6 Å². The third-order valence-corrected chi connectivity index (χ3v) is 39.4. The first-order valence-electron chi connectivity index (χ1n) is 53.8. The van der Waals surface area contributed by atoms with Crippen LogP contribution in [0.15, 0.2) is 0 Å². The molecule has 830 valence electrons. The summed E-state index contributed by atoms with van der Waals surface area (Å²) in [6, 6.07) is 0. The Kier molecular flexibility index (Phi) is 101. The largest absolute Gasteiger partial charge is 0.302 e. The van der Waals surface area contributed by atoms with E-state index < -0.39 is 102 Å². The summed E-state index contributed by atoms with van der Waals surface area (Å²) < 4.78 is 176. The van der Waals surface area contributed by atoms with Gasteiger partial charge in [0.25, 0.3) is 0 Å². The van der Waals surface area contributed by atoms with Crippen LogP contribution in [0.1, 0.15) is 399 Å². The lowest BCUT2D eigenvalue weighted by Gasteiger charge is -2.38. The van der Waals surface area contributed by atoms with Crippen LogP contribution in [-0.4, -0.2) is 293 Å². The minimum Gasteiger partial charge on any atom is -0.302 e. The molecule has 4 aliphatic rings. The molecule has 0 aliphatic carbocycles. The zero-order chi connectivity index (χ0) is 106. The topological polar surface area (TPSA) is 286 Å². The van der Waals surface area contributed by atoms with Crippen molar-refractivity contribution in [2.24, 2.45) is 65.1 Å². The number of rotatable bonds is 63. The van der Waals surface area contributed by atoms with Crippen LogP contribution in [0.5, 0.6) is 0 Å². The molecule has 0 saturated carbocycles. The number of hydrogen-bond donors (Lipinski definition) is 0. The van der Waals surface area contributed by atoms with E-state index in [0.717, 1.165) is 255 Å². The summed E-state index contributed by atoms with van der Waals surface area (Å²) in [6.07, 6.45) is 47.6. The van der Waals surface area contributed by atoms with Crippen LogP contribution in [0, 0.1) is 65.1 Å². The molecule has 0 amide bonds. The Labute approximate surface area is 863 Å². The van der Waals surface area contributed by atoms with E-state index in [2.05, 4.69) is 178 Å². The summed E-state index contributed by atoms with van der Waals surface area (Å²) in [5.74, 6) is 15.2. The standard InChI is InChI=1S/C10H21NO2S.3C10H22O2S.2C10H22OS.C9H19NO2S.C9H19NOS.C9H19NS.C9H20O2S.C9H20OS/c1-9(2)4-6-11-7-5-10(8-11)14(3,12)13;3*1-4-13(11,12)9-7-5-6-8-10(2)3;2*1-4-12(11)9-7-5-6-8-10(2)3;1-8(2)4-5-10-6-9(7-10)13(3,11)12;1-8(2)4-5-10-6-9(7-10)12(3)11;1-8(2)4-5-10-6-9(7-10)11-3;1-9(2)7-5-4-6-8-12(3,10)11;1-9(2)7-5-4-6-8-11(3)10/h9-10H,4-8H2,1-3H3;3*10H,4-9H2,1-3H3;2*10H,4-9H2,1-3H3;8-9H,4-7H2,1-3H3;8-9H,4-7H2,1-3H3;8-9H,4-7H2,1-3H3;9H,4-8H2,1-3H3;9H,4-8H2,1-3H3. The minimum atomic E-state index is -2.82. The van der Waals surface area contributed by atoms with Crippen molar-refractivity contribution in [1.29, 1.82) is 0 Å². The van der Waals surface area contributed by atoms with Crippen molar-refractivity contribution < 1.29 is 67.3 Å². The predicted molar refractivity (Wildman–Crippen MR) is 612 cm³/mol. The molecule has 5 atom stereocenters. The zero-order valence-corrected chi connectivity index (χ0v) is 104. The fourth-order valence-electron chi connectivity index (χ4n) is 13.8. The molecule has 0 spiro atoms. The average molecular weight is 2160 g/mol. The molecule has 0 aromatic rings. The highest BCUT2D eigenvalue weighted by atomic mass is 32.2. The molecule has 0 N–H and O–H groups in total.